The average molecular weight is 409 g/mol. The largest absolute Gasteiger partial charge is 0.331 e. The molecule has 4 N–H and O–H groups in total. The third-order valence-corrected chi connectivity index (χ3v) is 5.33. The summed E-state index contributed by atoms with van der Waals surface area (Å²) in [5.41, 5.74) is 1.91. The zero-order valence-electron chi connectivity index (χ0n) is 16.6. The van der Waals surface area contributed by atoms with Crippen molar-refractivity contribution in [2.45, 2.75) is 19.4 Å². The minimum absolute atomic E-state index is 0.00212. The highest BCUT2D eigenvalue weighted by molar-refractivity contribution is 5.93. The fourth-order valence-electron chi connectivity index (χ4n) is 3.70. The number of amides is 2. The van der Waals surface area contributed by atoms with E-state index in [0.29, 0.717) is 30.1 Å². The number of benzene rings is 1. The number of hydrogen-bond donors (Lipinski definition) is 4. The van der Waals surface area contributed by atoms with Crippen LogP contribution in [0.5, 0.6) is 0 Å². The Hall–Kier alpha value is -3.46. The number of pyridine rings is 1. The lowest BCUT2D eigenvalue weighted by atomic mass is 10.2. The molecule has 30 heavy (non-hydrogen) atoms. The Morgan fingerprint density at radius 3 is 2.57 bits per heavy atom. The molecule has 4 rings (SSSR count). The Bertz CT molecular complexity index is 1080. The SMILES string of the molecule is O=C(CCC(=O)N1CC[NH+](Cc2ccccc2)CC1)Nc1ccc2[nH]c(=O)[nH]c2n1. The molecule has 1 aliphatic rings. The van der Waals surface area contributed by atoms with E-state index in [1.165, 1.54) is 10.5 Å². The fraction of sp³-hybridized carbons (Fsp3) is 0.333. The molecule has 1 aliphatic heterocycles. The van der Waals surface area contributed by atoms with Crippen molar-refractivity contribution in [3.8, 4) is 0 Å². The van der Waals surface area contributed by atoms with Crippen LogP contribution in [-0.4, -0.2) is 57.8 Å². The third-order valence-electron chi connectivity index (χ3n) is 5.33. The second kappa shape index (κ2) is 8.91. The van der Waals surface area contributed by atoms with E-state index >= 15 is 0 Å². The monoisotopic (exact) mass is 409 g/mol. The molecule has 0 unspecified atom stereocenters. The molecule has 0 radical (unpaired) electrons. The van der Waals surface area contributed by atoms with Crippen molar-refractivity contribution in [2.75, 3.05) is 31.5 Å². The van der Waals surface area contributed by atoms with E-state index in [1.54, 1.807) is 12.1 Å². The Balaban J connectivity index is 1.21. The second-order valence-corrected chi connectivity index (χ2v) is 7.51. The minimum atomic E-state index is -0.350. The van der Waals surface area contributed by atoms with Crippen LogP contribution in [-0.2, 0) is 16.1 Å². The van der Waals surface area contributed by atoms with Crippen LogP contribution in [0, 0.1) is 0 Å². The Labute approximate surface area is 173 Å². The smallest absolute Gasteiger partial charge is 0.325 e. The number of nitrogens with zero attached hydrogens (tertiary/aromatic N) is 2. The van der Waals surface area contributed by atoms with E-state index in [4.69, 9.17) is 0 Å². The number of aromatic amines is 2. The number of nitrogens with one attached hydrogen (secondary N) is 4. The zero-order chi connectivity index (χ0) is 20.9. The van der Waals surface area contributed by atoms with E-state index < -0.39 is 0 Å². The Kier molecular flexibility index (Phi) is 5.89. The van der Waals surface area contributed by atoms with Crippen molar-refractivity contribution in [3.05, 3.63) is 58.5 Å². The Morgan fingerprint density at radius 2 is 1.80 bits per heavy atom. The summed E-state index contributed by atoms with van der Waals surface area (Å²) >= 11 is 0. The molecule has 9 nitrogen and oxygen atoms in total. The molecule has 156 valence electrons. The van der Waals surface area contributed by atoms with Crippen LogP contribution >= 0.6 is 0 Å². The molecule has 0 spiro atoms. The molecule has 0 atom stereocenters. The van der Waals surface area contributed by atoms with Gasteiger partial charge in [0.1, 0.15) is 12.4 Å². The average Bonchev–Trinajstić information content (AvgIpc) is 3.12. The molecule has 9 heteroatoms. The highest BCUT2D eigenvalue weighted by Gasteiger charge is 2.24. The summed E-state index contributed by atoms with van der Waals surface area (Å²) in [6.45, 7) is 4.20. The van der Waals surface area contributed by atoms with Crippen LogP contribution in [0.4, 0.5) is 5.82 Å². The quantitative estimate of drug-likeness (QED) is 0.455. The molecule has 1 fully saturated rings. The van der Waals surface area contributed by atoms with Gasteiger partial charge in [0.15, 0.2) is 5.65 Å². The molecule has 2 amide bonds. The topological polar surface area (TPSA) is 115 Å². The van der Waals surface area contributed by atoms with Crippen LogP contribution in [0.3, 0.4) is 0 Å². The van der Waals surface area contributed by atoms with E-state index in [1.807, 2.05) is 23.1 Å². The van der Waals surface area contributed by atoms with Crippen molar-refractivity contribution >= 4 is 28.8 Å². The number of aromatic nitrogens is 3. The standard InChI is InChI=1S/C21H24N6O3/c28-18(23-17-7-6-16-20(24-17)25-21(30)22-16)8-9-19(29)27-12-10-26(11-13-27)14-15-4-2-1-3-5-15/h1-7H,8-14H2,(H3,22,23,24,25,28,30)/p+1. The van der Waals surface area contributed by atoms with Crippen LogP contribution in [0.15, 0.2) is 47.3 Å². The number of rotatable bonds is 6. The van der Waals surface area contributed by atoms with Gasteiger partial charge in [-0.15, -0.1) is 0 Å². The highest BCUT2D eigenvalue weighted by atomic mass is 16.2. The normalized spacial score (nSPS) is 14.7. The first kappa shape index (κ1) is 19.8. The number of H-pyrrole nitrogens is 2. The van der Waals surface area contributed by atoms with Crippen LogP contribution in [0.2, 0.25) is 0 Å². The lowest BCUT2D eigenvalue weighted by Crippen LogP contribution is -3.13. The van der Waals surface area contributed by atoms with Gasteiger partial charge in [-0.2, -0.15) is 0 Å². The first-order valence-corrected chi connectivity index (χ1v) is 10.1. The molecule has 3 aromatic rings. The first-order valence-electron chi connectivity index (χ1n) is 10.1. The van der Waals surface area contributed by atoms with Crippen LogP contribution < -0.4 is 15.9 Å². The van der Waals surface area contributed by atoms with Gasteiger partial charge in [0, 0.05) is 18.4 Å². The lowest BCUT2D eigenvalue weighted by Gasteiger charge is -2.32. The van der Waals surface area contributed by atoms with Gasteiger partial charge in [-0.05, 0) is 12.1 Å². The van der Waals surface area contributed by atoms with Crippen molar-refractivity contribution in [1.29, 1.82) is 0 Å². The van der Waals surface area contributed by atoms with Crippen molar-refractivity contribution in [2.24, 2.45) is 0 Å². The van der Waals surface area contributed by atoms with E-state index in [9.17, 15) is 14.4 Å². The van der Waals surface area contributed by atoms with Crippen molar-refractivity contribution in [3.63, 3.8) is 0 Å². The van der Waals surface area contributed by atoms with E-state index in [2.05, 4.69) is 32.4 Å². The molecular weight excluding hydrogens is 384 g/mol. The zero-order valence-corrected chi connectivity index (χ0v) is 16.6. The number of quaternary nitrogens is 1. The number of fused-ring (bicyclic) bond motifs is 1. The molecule has 1 aromatic carbocycles. The minimum Gasteiger partial charge on any atom is -0.331 e. The molecule has 0 bridgehead atoms. The summed E-state index contributed by atoms with van der Waals surface area (Å²) in [5.74, 6) is 0.0667. The number of piperazine rings is 1. The van der Waals surface area contributed by atoms with Crippen molar-refractivity contribution < 1.29 is 14.5 Å². The molecule has 0 aliphatic carbocycles. The molecule has 2 aromatic heterocycles. The summed E-state index contributed by atoms with van der Waals surface area (Å²) in [4.78, 5) is 48.6. The number of hydrogen-bond acceptors (Lipinski definition) is 4. The lowest BCUT2D eigenvalue weighted by molar-refractivity contribution is -0.917. The first-order chi connectivity index (χ1) is 14.6. The van der Waals surface area contributed by atoms with Gasteiger partial charge in [-0.3, -0.25) is 14.6 Å². The second-order valence-electron chi connectivity index (χ2n) is 7.51. The summed E-state index contributed by atoms with van der Waals surface area (Å²) < 4.78 is 0. The van der Waals surface area contributed by atoms with Gasteiger partial charge in [0.05, 0.1) is 31.7 Å². The van der Waals surface area contributed by atoms with Gasteiger partial charge in [0.2, 0.25) is 11.8 Å². The van der Waals surface area contributed by atoms with Crippen molar-refractivity contribution in [1.82, 2.24) is 19.9 Å². The summed E-state index contributed by atoms with van der Waals surface area (Å²) in [6.07, 6.45) is 0.266. The maximum absolute atomic E-state index is 12.5. The molecule has 3 heterocycles. The molecular formula is C21H25N6O3+. The number of carbonyl (C=O) groups is 2. The van der Waals surface area contributed by atoms with Crippen LogP contribution in [0.25, 0.3) is 11.2 Å². The predicted octanol–water partition coefficient (Wildman–Crippen LogP) is -0.103. The highest BCUT2D eigenvalue weighted by Crippen LogP contribution is 2.10. The molecule has 0 saturated carbocycles. The van der Waals surface area contributed by atoms with E-state index in [-0.39, 0.29) is 30.3 Å². The van der Waals surface area contributed by atoms with Gasteiger partial charge in [-0.25, -0.2) is 9.78 Å². The predicted molar refractivity (Wildman–Crippen MR) is 112 cm³/mol. The maximum Gasteiger partial charge on any atom is 0.325 e. The molecule has 1 saturated heterocycles. The van der Waals surface area contributed by atoms with Gasteiger partial charge in [0.25, 0.3) is 0 Å². The third kappa shape index (κ3) is 4.93. The number of carbonyl (C=O) groups excluding carboxylic acids is 2. The van der Waals surface area contributed by atoms with Crippen LogP contribution in [0.1, 0.15) is 18.4 Å². The number of anilines is 1. The Morgan fingerprint density at radius 1 is 1.03 bits per heavy atom. The van der Waals surface area contributed by atoms with Gasteiger partial charge < -0.3 is 20.1 Å². The number of imidazole rings is 1. The summed E-state index contributed by atoms with van der Waals surface area (Å²) in [5, 5.41) is 2.68. The summed E-state index contributed by atoms with van der Waals surface area (Å²) in [6, 6.07) is 13.6. The van der Waals surface area contributed by atoms with E-state index in [0.717, 1.165) is 19.6 Å². The van der Waals surface area contributed by atoms with Gasteiger partial charge in [-0.1, -0.05) is 30.3 Å². The maximum atomic E-state index is 12.5. The summed E-state index contributed by atoms with van der Waals surface area (Å²) in [7, 11) is 0. The van der Waals surface area contributed by atoms with Gasteiger partial charge >= 0.3 is 5.69 Å². The fourth-order valence-corrected chi connectivity index (χ4v) is 3.70.